The smallest absolute Gasteiger partial charge is 0.324 e. The topological polar surface area (TPSA) is 84.2 Å². The molecule has 0 spiro atoms. The van der Waals surface area contributed by atoms with E-state index in [2.05, 4.69) is 10.6 Å². The van der Waals surface area contributed by atoms with Gasteiger partial charge in [0.1, 0.15) is 5.00 Å². The fourth-order valence-corrected chi connectivity index (χ4v) is 4.85. The van der Waals surface area contributed by atoms with Crippen molar-refractivity contribution in [3.8, 4) is 11.1 Å². The third-order valence-corrected chi connectivity index (χ3v) is 6.10. The number of thiophene rings is 1. The van der Waals surface area contributed by atoms with Gasteiger partial charge in [-0.05, 0) is 54.5 Å². The standard InChI is InChI=1S/C22H21N3O2S/c23-20(26)19-17-8-4-5-9-18(17)28-21(19)25-22(27)24-16-12-10-15(11-13-16)14-6-2-1-3-7-14/h1-3,6-7,10-13H,4-5,8-9H2,(H2,23,26)(H2,24,25,27). The second-order valence-corrected chi connectivity index (χ2v) is 7.91. The molecule has 4 rings (SSSR count). The van der Waals surface area contributed by atoms with Crippen LogP contribution in [0.2, 0.25) is 0 Å². The van der Waals surface area contributed by atoms with Crippen molar-refractivity contribution in [2.75, 3.05) is 10.6 Å². The first-order valence-electron chi connectivity index (χ1n) is 9.29. The first-order chi connectivity index (χ1) is 13.6. The number of primary amides is 1. The zero-order chi connectivity index (χ0) is 19.5. The van der Waals surface area contributed by atoms with Crippen molar-refractivity contribution in [1.82, 2.24) is 0 Å². The van der Waals surface area contributed by atoms with Crippen LogP contribution in [0.3, 0.4) is 0 Å². The maximum atomic E-state index is 12.5. The van der Waals surface area contributed by atoms with Crippen LogP contribution in [0.5, 0.6) is 0 Å². The zero-order valence-electron chi connectivity index (χ0n) is 15.3. The number of benzene rings is 2. The minimum Gasteiger partial charge on any atom is -0.365 e. The predicted molar refractivity (Wildman–Crippen MR) is 114 cm³/mol. The van der Waals surface area contributed by atoms with Crippen LogP contribution < -0.4 is 16.4 Å². The summed E-state index contributed by atoms with van der Waals surface area (Å²) in [6, 6.07) is 17.3. The molecule has 1 aliphatic rings. The van der Waals surface area contributed by atoms with Gasteiger partial charge in [0.15, 0.2) is 0 Å². The number of rotatable bonds is 4. The predicted octanol–water partition coefficient (Wildman–Crippen LogP) is 5.04. The number of nitrogens with two attached hydrogens (primary N) is 1. The molecule has 2 aromatic carbocycles. The summed E-state index contributed by atoms with van der Waals surface area (Å²) in [4.78, 5) is 25.5. The van der Waals surface area contributed by atoms with Crippen LogP contribution in [0.4, 0.5) is 15.5 Å². The molecule has 0 saturated heterocycles. The van der Waals surface area contributed by atoms with Gasteiger partial charge < -0.3 is 11.1 Å². The minimum absolute atomic E-state index is 0.381. The Morgan fingerprint density at radius 1 is 0.857 bits per heavy atom. The number of urea groups is 1. The molecular weight excluding hydrogens is 370 g/mol. The van der Waals surface area contributed by atoms with Crippen LogP contribution in [0, 0.1) is 0 Å². The summed E-state index contributed by atoms with van der Waals surface area (Å²) in [6.07, 6.45) is 3.92. The van der Waals surface area contributed by atoms with Crippen LogP contribution in [0.15, 0.2) is 54.6 Å². The second-order valence-electron chi connectivity index (χ2n) is 6.80. The Morgan fingerprint density at radius 3 is 2.25 bits per heavy atom. The van der Waals surface area contributed by atoms with Crippen molar-refractivity contribution in [3.05, 3.63) is 70.6 Å². The molecule has 3 amide bonds. The van der Waals surface area contributed by atoms with Crippen molar-refractivity contribution in [3.63, 3.8) is 0 Å². The minimum atomic E-state index is -0.484. The van der Waals surface area contributed by atoms with E-state index in [1.807, 2.05) is 54.6 Å². The Bertz CT molecular complexity index is 1010. The van der Waals surface area contributed by atoms with Crippen molar-refractivity contribution in [2.24, 2.45) is 5.73 Å². The highest BCUT2D eigenvalue weighted by molar-refractivity contribution is 7.17. The van der Waals surface area contributed by atoms with E-state index in [0.29, 0.717) is 16.3 Å². The number of carbonyl (C=O) groups excluding carboxylic acids is 2. The molecule has 0 aliphatic heterocycles. The Kier molecular flexibility index (Phi) is 5.12. The molecule has 0 fully saturated rings. The van der Waals surface area contributed by atoms with Gasteiger partial charge in [0.2, 0.25) is 0 Å². The van der Waals surface area contributed by atoms with Crippen LogP contribution in [0.1, 0.15) is 33.6 Å². The highest BCUT2D eigenvalue weighted by Crippen LogP contribution is 2.38. The SMILES string of the molecule is NC(=O)c1c(NC(=O)Nc2ccc(-c3ccccc3)cc2)sc2c1CCCC2. The van der Waals surface area contributed by atoms with Crippen LogP contribution in [0.25, 0.3) is 11.1 Å². The molecule has 0 bridgehead atoms. The quantitative estimate of drug-likeness (QED) is 0.582. The van der Waals surface area contributed by atoms with Gasteiger partial charge in [-0.1, -0.05) is 42.5 Å². The summed E-state index contributed by atoms with van der Waals surface area (Å²) in [5, 5.41) is 6.17. The number of amides is 3. The third kappa shape index (κ3) is 3.77. The Hall–Kier alpha value is -3.12. The monoisotopic (exact) mass is 391 g/mol. The van der Waals surface area contributed by atoms with E-state index < -0.39 is 5.91 Å². The largest absolute Gasteiger partial charge is 0.365 e. The lowest BCUT2D eigenvalue weighted by Gasteiger charge is -2.11. The van der Waals surface area contributed by atoms with Gasteiger partial charge in [-0.3, -0.25) is 10.1 Å². The number of nitrogens with one attached hydrogen (secondary N) is 2. The molecule has 3 aromatic rings. The van der Waals surface area contributed by atoms with Crippen molar-refractivity contribution in [2.45, 2.75) is 25.7 Å². The molecule has 0 saturated carbocycles. The highest BCUT2D eigenvalue weighted by Gasteiger charge is 2.24. The van der Waals surface area contributed by atoms with E-state index in [1.165, 1.54) is 11.3 Å². The molecule has 1 heterocycles. The Morgan fingerprint density at radius 2 is 1.54 bits per heavy atom. The fourth-order valence-electron chi connectivity index (χ4n) is 3.56. The van der Waals surface area contributed by atoms with Gasteiger partial charge in [0.25, 0.3) is 5.91 Å². The molecule has 6 heteroatoms. The second kappa shape index (κ2) is 7.86. The van der Waals surface area contributed by atoms with Crippen LogP contribution in [-0.4, -0.2) is 11.9 Å². The van der Waals surface area contributed by atoms with Gasteiger partial charge in [-0.15, -0.1) is 11.3 Å². The first kappa shape index (κ1) is 18.3. The van der Waals surface area contributed by atoms with Crippen molar-refractivity contribution < 1.29 is 9.59 Å². The maximum absolute atomic E-state index is 12.5. The van der Waals surface area contributed by atoms with Crippen LogP contribution >= 0.6 is 11.3 Å². The summed E-state index contributed by atoms with van der Waals surface area (Å²) in [7, 11) is 0. The average molecular weight is 391 g/mol. The number of hydrogen-bond donors (Lipinski definition) is 3. The molecule has 1 aromatic heterocycles. The van der Waals surface area contributed by atoms with E-state index in [1.54, 1.807) is 0 Å². The molecule has 0 unspecified atom stereocenters. The summed E-state index contributed by atoms with van der Waals surface area (Å²) >= 11 is 1.46. The van der Waals surface area contributed by atoms with E-state index in [-0.39, 0.29) is 6.03 Å². The third-order valence-electron chi connectivity index (χ3n) is 4.89. The van der Waals surface area contributed by atoms with E-state index >= 15 is 0 Å². The Labute approximate surface area is 167 Å². The zero-order valence-corrected chi connectivity index (χ0v) is 16.1. The highest BCUT2D eigenvalue weighted by atomic mass is 32.1. The number of anilines is 2. The summed E-state index contributed by atoms with van der Waals surface area (Å²) in [5.41, 5.74) is 9.93. The van der Waals surface area contributed by atoms with Gasteiger partial charge >= 0.3 is 6.03 Å². The van der Waals surface area contributed by atoms with Crippen LogP contribution in [-0.2, 0) is 12.8 Å². The molecule has 1 aliphatic carbocycles. The van der Waals surface area contributed by atoms with Crippen molar-refractivity contribution in [1.29, 1.82) is 0 Å². The summed E-state index contributed by atoms with van der Waals surface area (Å²) in [5.74, 6) is -0.484. The number of carbonyl (C=O) groups is 2. The van der Waals surface area contributed by atoms with E-state index in [9.17, 15) is 9.59 Å². The summed E-state index contributed by atoms with van der Waals surface area (Å²) < 4.78 is 0. The molecule has 28 heavy (non-hydrogen) atoms. The number of fused-ring (bicyclic) bond motifs is 1. The van der Waals surface area contributed by atoms with Gasteiger partial charge in [0, 0.05) is 10.6 Å². The Balaban J connectivity index is 1.48. The maximum Gasteiger partial charge on any atom is 0.324 e. The molecule has 0 atom stereocenters. The van der Waals surface area contributed by atoms with E-state index in [4.69, 9.17) is 5.73 Å². The number of hydrogen-bond acceptors (Lipinski definition) is 3. The number of aryl methyl sites for hydroxylation is 1. The first-order valence-corrected chi connectivity index (χ1v) is 10.1. The van der Waals surface area contributed by atoms with Gasteiger partial charge in [0.05, 0.1) is 5.56 Å². The normalized spacial score (nSPS) is 12.9. The summed E-state index contributed by atoms with van der Waals surface area (Å²) in [6.45, 7) is 0. The average Bonchev–Trinajstić information content (AvgIpc) is 3.07. The molecular formula is C22H21N3O2S. The molecule has 4 N–H and O–H groups in total. The molecule has 142 valence electrons. The lowest BCUT2D eigenvalue weighted by molar-refractivity contribution is 0.100. The lowest BCUT2D eigenvalue weighted by atomic mass is 9.95. The van der Waals surface area contributed by atoms with Gasteiger partial charge in [-0.2, -0.15) is 0 Å². The van der Waals surface area contributed by atoms with Crippen molar-refractivity contribution >= 4 is 34.0 Å². The molecule has 5 nitrogen and oxygen atoms in total. The fraction of sp³-hybridized carbons (Fsp3) is 0.182. The lowest BCUT2D eigenvalue weighted by Crippen LogP contribution is -2.22. The van der Waals surface area contributed by atoms with E-state index in [0.717, 1.165) is 47.3 Å². The van der Waals surface area contributed by atoms with Gasteiger partial charge in [-0.25, -0.2) is 4.79 Å². The molecule has 0 radical (unpaired) electrons.